The Morgan fingerprint density at radius 1 is 1.08 bits per heavy atom. The second-order valence-electron chi connectivity index (χ2n) is 5.62. The second-order valence-corrected chi connectivity index (χ2v) is 5.62. The summed E-state index contributed by atoms with van der Waals surface area (Å²) >= 11 is 0. The molecule has 0 aliphatic heterocycles. The predicted octanol–water partition coefficient (Wildman–Crippen LogP) is 3.46. The van der Waals surface area contributed by atoms with Crippen LogP contribution in [0, 0.1) is 6.92 Å². The molecule has 0 aliphatic rings. The fraction of sp³-hybridized carbons (Fsp3) is 0.167. The van der Waals surface area contributed by atoms with E-state index in [1.165, 1.54) is 6.33 Å². The topological polar surface area (TPSA) is 71.8 Å². The number of nitrogens with zero attached hydrogens (tertiary/aromatic N) is 3. The Labute approximate surface area is 140 Å². The standard InChI is InChI=1S/C18H19N5O/c1-13-3-7-16(8-4-13)22-18(24)21-14(2)15-5-9-17(10-6-15)23-12-19-11-20-23/h3-12,14H,1-2H3,(H2,21,22,24). The highest BCUT2D eigenvalue weighted by molar-refractivity contribution is 5.89. The van der Waals surface area contributed by atoms with E-state index in [1.54, 1.807) is 11.0 Å². The van der Waals surface area contributed by atoms with Gasteiger partial charge in [-0.25, -0.2) is 14.5 Å². The predicted molar refractivity (Wildman–Crippen MR) is 93.1 cm³/mol. The number of carbonyl (C=O) groups excluding carboxylic acids is 1. The molecule has 0 radical (unpaired) electrons. The Bertz CT molecular complexity index is 794. The molecule has 0 aliphatic carbocycles. The van der Waals surface area contributed by atoms with Crippen LogP contribution < -0.4 is 10.6 Å². The Kier molecular flexibility index (Phi) is 4.56. The molecule has 0 bridgehead atoms. The molecule has 6 heteroatoms. The maximum absolute atomic E-state index is 12.1. The number of aromatic nitrogens is 3. The van der Waals surface area contributed by atoms with Crippen LogP contribution in [0.1, 0.15) is 24.1 Å². The van der Waals surface area contributed by atoms with E-state index in [0.29, 0.717) is 0 Å². The van der Waals surface area contributed by atoms with Crippen LogP contribution in [0.4, 0.5) is 10.5 Å². The van der Waals surface area contributed by atoms with E-state index in [9.17, 15) is 4.79 Å². The lowest BCUT2D eigenvalue weighted by atomic mass is 10.1. The van der Waals surface area contributed by atoms with Gasteiger partial charge in [0.2, 0.25) is 0 Å². The van der Waals surface area contributed by atoms with Crippen molar-refractivity contribution in [1.29, 1.82) is 0 Å². The van der Waals surface area contributed by atoms with E-state index in [4.69, 9.17) is 0 Å². The summed E-state index contributed by atoms with van der Waals surface area (Å²) in [7, 11) is 0. The van der Waals surface area contributed by atoms with Crippen LogP contribution in [0.25, 0.3) is 5.69 Å². The van der Waals surface area contributed by atoms with E-state index in [1.807, 2.05) is 62.4 Å². The fourth-order valence-corrected chi connectivity index (χ4v) is 2.34. The molecule has 6 nitrogen and oxygen atoms in total. The third kappa shape index (κ3) is 3.78. The lowest BCUT2D eigenvalue weighted by molar-refractivity contribution is 0.249. The maximum atomic E-state index is 12.1. The lowest BCUT2D eigenvalue weighted by Crippen LogP contribution is -2.31. The SMILES string of the molecule is Cc1ccc(NC(=O)NC(C)c2ccc(-n3cncn3)cc2)cc1. The van der Waals surface area contributed by atoms with Crippen molar-refractivity contribution in [1.82, 2.24) is 20.1 Å². The first-order valence-electron chi connectivity index (χ1n) is 7.71. The molecule has 1 heterocycles. The molecule has 2 N–H and O–H groups in total. The number of benzene rings is 2. The summed E-state index contributed by atoms with van der Waals surface area (Å²) in [6, 6.07) is 15.2. The van der Waals surface area contributed by atoms with Crippen molar-refractivity contribution in [3.05, 3.63) is 72.3 Å². The minimum Gasteiger partial charge on any atom is -0.331 e. The smallest absolute Gasteiger partial charge is 0.319 e. The quantitative estimate of drug-likeness (QED) is 0.773. The second kappa shape index (κ2) is 6.95. The molecule has 0 saturated heterocycles. The summed E-state index contributed by atoms with van der Waals surface area (Å²) in [5.74, 6) is 0. The molecular formula is C18H19N5O. The fourth-order valence-electron chi connectivity index (χ4n) is 2.34. The molecule has 2 amide bonds. The highest BCUT2D eigenvalue weighted by Crippen LogP contribution is 2.16. The number of anilines is 1. The van der Waals surface area contributed by atoms with Crippen molar-refractivity contribution in [3.63, 3.8) is 0 Å². The molecule has 1 aromatic heterocycles. The van der Waals surface area contributed by atoms with Crippen LogP contribution >= 0.6 is 0 Å². The van der Waals surface area contributed by atoms with E-state index in [0.717, 1.165) is 22.5 Å². The summed E-state index contributed by atoms with van der Waals surface area (Å²) in [5, 5.41) is 9.85. The summed E-state index contributed by atoms with van der Waals surface area (Å²) < 4.78 is 1.69. The summed E-state index contributed by atoms with van der Waals surface area (Å²) in [4.78, 5) is 16.0. The van der Waals surface area contributed by atoms with E-state index >= 15 is 0 Å². The monoisotopic (exact) mass is 321 g/mol. The Morgan fingerprint density at radius 2 is 1.79 bits per heavy atom. The molecule has 1 unspecified atom stereocenters. The van der Waals surface area contributed by atoms with Crippen LogP contribution in [0.2, 0.25) is 0 Å². The molecule has 1 atom stereocenters. The summed E-state index contributed by atoms with van der Waals surface area (Å²) in [6.07, 6.45) is 3.14. The van der Waals surface area contributed by atoms with Gasteiger partial charge in [-0.05, 0) is 43.7 Å². The highest BCUT2D eigenvalue weighted by Gasteiger charge is 2.10. The molecule has 24 heavy (non-hydrogen) atoms. The number of hydrogen-bond donors (Lipinski definition) is 2. The van der Waals surface area contributed by atoms with Crippen molar-refractivity contribution in [2.45, 2.75) is 19.9 Å². The van der Waals surface area contributed by atoms with Crippen molar-refractivity contribution in [3.8, 4) is 5.69 Å². The number of rotatable bonds is 4. The average molecular weight is 321 g/mol. The van der Waals surface area contributed by atoms with Gasteiger partial charge in [-0.1, -0.05) is 29.8 Å². The van der Waals surface area contributed by atoms with Gasteiger partial charge < -0.3 is 10.6 Å². The maximum Gasteiger partial charge on any atom is 0.319 e. The van der Waals surface area contributed by atoms with Gasteiger partial charge in [-0.2, -0.15) is 5.10 Å². The Morgan fingerprint density at radius 3 is 2.42 bits per heavy atom. The Hall–Kier alpha value is -3.15. The molecule has 0 spiro atoms. The first kappa shape index (κ1) is 15.7. The third-order valence-corrected chi connectivity index (χ3v) is 3.73. The number of nitrogens with one attached hydrogen (secondary N) is 2. The largest absolute Gasteiger partial charge is 0.331 e. The molecular weight excluding hydrogens is 302 g/mol. The van der Waals surface area contributed by atoms with Gasteiger partial charge in [0.05, 0.1) is 11.7 Å². The Balaban J connectivity index is 1.60. The molecule has 122 valence electrons. The van der Waals surface area contributed by atoms with E-state index in [-0.39, 0.29) is 12.1 Å². The van der Waals surface area contributed by atoms with Crippen molar-refractivity contribution < 1.29 is 4.79 Å². The van der Waals surface area contributed by atoms with Crippen LogP contribution in [0.5, 0.6) is 0 Å². The summed E-state index contributed by atoms with van der Waals surface area (Å²) in [6.45, 7) is 3.95. The van der Waals surface area contributed by atoms with Crippen molar-refractivity contribution >= 4 is 11.7 Å². The highest BCUT2D eigenvalue weighted by atomic mass is 16.2. The van der Waals surface area contributed by atoms with E-state index < -0.39 is 0 Å². The van der Waals surface area contributed by atoms with Gasteiger partial charge in [0.25, 0.3) is 0 Å². The zero-order chi connectivity index (χ0) is 16.9. The van der Waals surface area contributed by atoms with Crippen LogP contribution in [-0.4, -0.2) is 20.8 Å². The van der Waals surface area contributed by atoms with Crippen LogP contribution in [0.3, 0.4) is 0 Å². The number of hydrogen-bond acceptors (Lipinski definition) is 3. The number of aryl methyl sites for hydroxylation is 1. The minimum absolute atomic E-state index is 0.111. The lowest BCUT2D eigenvalue weighted by Gasteiger charge is -2.15. The van der Waals surface area contributed by atoms with Crippen molar-refractivity contribution in [2.75, 3.05) is 5.32 Å². The molecule has 3 aromatic rings. The van der Waals surface area contributed by atoms with Gasteiger partial charge in [0.1, 0.15) is 12.7 Å². The van der Waals surface area contributed by atoms with Gasteiger partial charge in [0.15, 0.2) is 0 Å². The summed E-state index contributed by atoms with van der Waals surface area (Å²) in [5.41, 5.74) is 3.86. The minimum atomic E-state index is -0.230. The van der Waals surface area contributed by atoms with Crippen LogP contribution in [-0.2, 0) is 0 Å². The average Bonchev–Trinajstić information content (AvgIpc) is 3.11. The molecule has 3 rings (SSSR count). The van der Waals surface area contributed by atoms with Gasteiger partial charge in [0, 0.05) is 5.69 Å². The van der Waals surface area contributed by atoms with Gasteiger partial charge in [-0.15, -0.1) is 0 Å². The third-order valence-electron chi connectivity index (χ3n) is 3.73. The zero-order valence-corrected chi connectivity index (χ0v) is 13.6. The molecule has 2 aromatic carbocycles. The molecule has 0 fully saturated rings. The number of amides is 2. The first-order valence-corrected chi connectivity index (χ1v) is 7.71. The first-order chi connectivity index (χ1) is 11.6. The van der Waals surface area contributed by atoms with Crippen LogP contribution in [0.15, 0.2) is 61.2 Å². The molecule has 0 saturated carbocycles. The van der Waals surface area contributed by atoms with Crippen molar-refractivity contribution in [2.24, 2.45) is 0 Å². The zero-order valence-electron chi connectivity index (χ0n) is 13.6. The van der Waals surface area contributed by atoms with E-state index in [2.05, 4.69) is 20.7 Å². The number of carbonyl (C=O) groups is 1. The number of urea groups is 1. The normalized spacial score (nSPS) is 11.8. The van der Waals surface area contributed by atoms with Gasteiger partial charge >= 0.3 is 6.03 Å². The van der Waals surface area contributed by atoms with Gasteiger partial charge in [-0.3, -0.25) is 0 Å².